The molecule has 2 rings (SSSR count). The number of nitrogens with one attached hydrogen (secondary N) is 1. The first-order valence-electron chi connectivity index (χ1n) is 7.91. The maximum atomic E-state index is 12.3. The molecule has 21 heavy (non-hydrogen) atoms. The second-order valence-electron chi connectivity index (χ2n) is 5.54. The summed E-state index contributed by atoms with van der Waals surface area (Å²) in [5.41, 5.74) is 1.14. The standard InChI is InChI=1S/C17H26N2O2/c1-3-19(15-10-11-18-13-15)17(20)9-6-12-21-16-8-5-4-7-14(16)2/h4-5,7-8,15,18H,3,6,9-13H2,1-2H3. The van der Waals surface area contributed by atoms with Gasteiger partial charge in [-0.3, -0.25) is 4.79 Å². The lowest BCUT2D eigenvalue weighted by Crippen LogP contribution is -2.41. The number of aryl methyl sites for hydroxylation is 1. The van der Waals surface area contributed by atoms with Gasteiger partial charge in [-0.1, -0.05) is 18.2 Å². The molecule has 1 aromatic carbocycles. The van der Waals surface area contributed by atoms with Crippen LogP contribution in [0.5, 0.6) is 5.75 Å². The van der Waals surface area contributed by atoms with E-state index in [9.17, 15) is 4.79 Å². The fraction of sp³-hybridized carbons (Fsp3) is 0.588. The monoisotopic (exact) mass is 290 g/mol. The van der Waals surface area contributed by atoms with Crippen LogP contribution in [-0.4, -0.2) is 43.1 Å². The first-order chi connectivity index (χ1) is 10.2. The molecule has 1 aliphatic rings. The van der Waals surface area contributed by atoms with Crippen molar-refractivity contribution in [1.29, 1.82) is 0 Å². The summed E-state index contributed by atoms with van der Waals surface area (Å²) in [4.78, 5) is 14.3. The Morgan fingerprint density at radius 2 is 2.24 bits per heavy atom. The molecule has 4 heteroatoms. The van der Waals surface area contributed by atoms with E-state index >= 15 is 0 Å². The maximum absolute atomic E-state index is 12.3. The SMILES string of the molecule is CCN(C(=O)CCCOc1ccccc1C)C1CCNC1. The molecule has 0 bridgehead atoms. The summed E-state index contributed by atoms with van der Waals surface area (Å²) in [5, 5.41) is 3.32. The fourth-order valence-electron chi connectivity index (χ4n) is 2.81. The topological polar surface area (TPSA) is 41.6 Å². The summed E-state index contributed by atoms with van der Waals surface area (Å²) < 4.78 is 5.74. The van der Waals surface area contributed by atoms with Crippen molar-refractivity contribution in [1.82, 2.24) is 10.2 Å². The Hall–Kier alpha value is -1.55. The number of carbonyl (C=O) groups is 1. The maximum Gasteiger partial charge on any atom is 0.222 e. The molecule has 0 spiro atoms. The second kappa shape index (κ2) is 8.03. The van der Waals surface area contributed by atoms with Crippen molar-refractivity contribution in [2.75, 3.05) is 26.2 Å². The van der Waals surface area contributed by atoms with Crippen LogP contribution < -0.4 is 10.1 Å². The van der Waals surface area contributed by atoms with Crippen LogP contribution in [0.3, 0.4) is 0 Å². The number of benzene rings is 1. The molecule has 1 atom stereocenters. The molecule has 1 amide bonds. The summed E-state index contributed by atoms with van der Waals surface area (Å²) >= 11 is 0. The van der Waals surface area contributed by atoms with E-state index in [0.717, 1.165) is 43.8 Å². The Kier molecular flexibility index (Phi) is 6.05. The van der Waals surface area contributed by atoms with Crippen molar-refractivity contribution >= 4 is 5.91 Å². The highest BCUT2D eigenvalue weighted by atomic mass is 16.5. The minimum Gasteiger partial charge on any atom is -0.493 e. The van der Waals surface area contributed by atoms with Crippen molar-refractivity contribution in [3.05, 3.63) is 29.8 Å². The zero-order valence-electron chi connectivity index (χ0n) is 13.1. The number of para-hydroxylation sites is 1. The molecule has 1 aromatic rings. The molecule has 1 saturated heterocycles. The van der Waals surface area contributed by atoms with Gasteiger partial charge >= 0.3 is 0 Å². The molecular weight excluding hydrogens is 264 g/mol. The predicted molar refractivity (Wildman–Crippen MR) is 84.6 cm³/mol. The van der Waals surface area contributed by atoms with Crippen LogP contribution >= 0.6 is 0 Å². The first kappa shape index (κ1) is 15.8. The van der Waals surface area contributed by atoms with Crippen LogP contribution in [0.15, 0.2) is 24.3 Å². The zero-order valence-corrected chi connectivity index (χ0v) is 13.1. The molecule has 116 valence electrons. The third kappa shape index (κ3) is 4.46. The zero-order chi connectivity index (χ0) is 15.1. The van der Waals surface area contributed by atoms with E-state index in [1.807, 2.05) is 36.1 Å². The normalized spacial score (nSPS) is 17.7. The molecular formula is C17H26N2O2. The van der Waals surface area contributed by atoms with E-state index in [1.54, 1.807) is 0 Å². The summed E-state index contributed by atoms with van der Waals surface area (Å²) in [7, 11) is 0. The van der Waals surface area contributed by atoms with Crippen LogP contribution in [-0.2, 0) is 4.79 Å². The highest BCUT2D eigenvalue weighted by Gasteiger charge is 2.24. The Morgan fingerprint density at radius 3 is 2.90 bits per heavy atom. The summed E-state index contributed by atoms with van der Waals surface area (Å²) in [6, 6.07) is 8.35. The van der Waals surface area contributed by atoms with Gasteiger partial charge in [-0.05, 0) is 44.9 Å². The van der Waals surface area contributed by atoms with Gasteiger partial charge in [0.15, 0.2) is 0 Å². The smallest absolute Gasteiger partial charge is 0.222 e. The number of amides is 1. The minimum absolute atomic E-state index is 0.250. The van der Waals surface area contributed by atoms with Crippen LogP contribution in [0.2, 0.25) is 0 Å². The van der Waals surface area contributed by atoms with E-state index < -0.39 is 0 Å². The highest BCUT2D eigenvalue weighted by molar-refractivity contribution is 5.76. The molecule has 1 N–H and O–H groups in total. The molecule has 0 aromatic heterocycles. The van der Waals surface area contributed by atoms with Gasteiger partial charge in [-0.2, -0.15) is 0 Å². The molecule has 1 unspecified atom stereocenters. The highest BCUT2D eigenvalue weighted by Crippen LogP contribution is 2.17. The third-order valence-corrected chi connectivity index (χ3v) is 4.02. The largest absolute Gasteiger partial charge is 0.493 e. The fourth-order valence-corrected chi connectivity index (χ4v) is 2.81. The Balaban J connectivity index is 1.72. The van der Waals surface area contributed by atoms with E-state index in [4.69, 9.17) is 4.74 Å². The average Bonchev–Trinajstić information content (AvgIpc) is 3.00. The molecule has 1 aliphatic heterocycles. The minimum atomic E-state index is 0.250. The number of rotatable bonds is 7. The van der Waals surface area contributed by atoms with Gasteiger partial charge in [0.05, 0.1) is 6.61 Å². The van der Waals surface area contributed by atoms with Gasteiger partial charge in [0.1, 0.15) is 5.75 Å². The van der Waals surface area contributed by atoms with E-state index in [0.29, 0.717) is 19.1 Å². The van der Waals surface area contributed by atoms with Gasteiger partial charge in [0, 0.05) is 25.6 Å². The van der Waals surface area contributed by atoms with Crippen molar-refractivity contribution in [2.24, 2.45) is 0 Å². The predicted octanol–water partition coefficient (Wildman–Crippen LogP) is 2.36. The molecule has 0 radical (unpaired) electrons. The number of hydrogen-bond acceptors (Lipinski definition) is 3. The van der Waals surface area contributed by atoms with Gasteiger partial charge < -0.3 is 15.0 Å². The van der Waals surface area contributed by atoms with Crippen LogP contribution in [0, 0.1) is 6.92 Å². The Morgan fingerprint density at radius 1 is 1.43 bits per heavy atom. The second-order valence-corrected chi connectivity index (χ2v) is 5.54. The van der Waals surface area contributed by atoms with Crippen molar-refractivity contribution in [3.63, 3.8) is 0 Å². The number of hydrogen-bond donors (Lipinski definition) is 1. The lowest BCUT2D eigenvalue weighted by molar-refractivity contribution is -0.133. The number of likely N-dealkylation sites (N-methyl/N-ethyl adjacent to an activating group) is 1. The Labute approximate surface area is 127 Å². The molecule has 1 fully saturated rings. The van der Waals surface area contributed by atoms with E-state index in [2.05, 4.69) is 12.2 Å². The number of ether oxygens (including phenoxy) is 1. The van der Waals surface area contributed by atoms with Crippen molar-refractivity contribution in [2.45, 2.75) is 39.2 Å². The first-order valence-corrected chi connectivity index (χ1v) is 7.91. The van der Waals surface area contributed by atoms with Gasteiger partial charge in [0.25, 0.3) is 0 Å². The molecule has 0 saturated carbocycles. The summed E-state index contributed by atoms with van der Waals surface area (Å²) in [6.07, 6.45) is 2.40. The van der Waals surface area contributed by atoms with Crippen molar-refractivity contribution < 1.29 is 9.53 Å². The Bertz CT molecular complexity index is 456. The molecule has 1 heterocycles. The number of carbonyl (C=O) groups excluding carboxylic acids is 1. The van der Waals surface area contributed by atoms with Crippen LogP contribution in [0.4, 0.5) is 0 Å². The number of nitrogens with zero attached hydrogens (tertiary/aromatic N) is 1. The van der Waals surface area contributed by atoms with E-state index in [-0.39, 0.29) is 5.91 Å². The lowest BCUT2D eigenvalue weighted by atomic mass is 10.2. The van der Waals surface area contributed by atoms with Crippen LogP contribution in [0.1, 0.15) is 31.7 Å². The van der Waals surface area contributed by atoms with Crippen LogP contribution in [0.25, 0.3) is 0 Å². The lowest BCUT2D eigenvalue weighted by Gasteiger charge is -2.27. The third-order valence-electron chi connectivity index (χ3n) is 4.02. The molecule has 4 nitrogen and oxygen atoms in total. The van der Waals surface area contributed by atoms with Gasteiger partial charge in [-0.25, -0.2) is 0 Å². The average molecular weight is 290 g/mol. The van der Waals surface area contributed by atoms with Gasteiger partial charge in [-0.15, -0.1) is 0 Å². The van der Waals surface area contributed by atoms with Gasteiger partial charge in [0.2, 0.25) is 5.91 Å². The van der Waals surface area contributed by atoms with Crippen molar-refractivity contribution in [3.8, 4) is 5.75 Å². The summed E-state index contributed by atoms with van der Waals surface area (Å²) in [5.74, 6) is 1.16. The molecule has 0 aliphatic carbocycles. The summed E-state index contributed by atoms with van der Waals surface area (Å²) in [6.45, 7) is 7.43. The quantitative estimate of drug-likeness (QED) is 0.784. The van der Waals surface area contributed by atoms with E-state index in [1.165, 1.54) is 0 Å².